The summed E-state index contributed by atoms with van der Waals surface area (Å²) in [5.74, 6) is -2.64. The molecule has 26 heavy (non-hydrogen) atoms. The number of aromatic nitrogens is 2. The second kappa shape index (κ2) is 7.64. The lowest BCUT2D eigenvalue weighted by atomic mass is 10.1. The zero-order chi connectivity index (χ0) is 18.5. The van der Waals surface area contributed by atoms with E-state index in [1.165, 1.54) is 36.7 Å². The Labute approximate surface area is 146 Å². The minimum atomic E-state index is -0.801. The van der Waals surface area contributed by atoms with Crippen LogP contribution in [0.1, 0.15) is 5.56 Å². The van der Waals surface area contributed by atoms with E-state index in [-0.39, 0.29) is 29.4 Å². The number of amides is 1. The van der Waals surface area contributed by atoms with Crippen LogP contribution in [0.25, 0.3) is 0 Å². The Kier molecular flexibility index (Phi) is 5.12. The third kappa shape index (κ3) is 4.35. The molecule has 1 N–H and O–H groups in total. The molecule has 0 saturated heterocycles. The van der Waals surface area contributed by atoms with Crippen LogP contribution in [-0.2, 0) is 11.2 Å². The molecule has 1 heterocycles. The highest BCUT2D eigenvalue weighted by atomic mass is 19.1. The highest BCUT2D eigenvalue weighted by Crippen LogP contribution is 2.21. The van der Waals surface area contributed by atoms with Crippen molar-refractivity contribution in [2.24, 2.45) is 0 Å². The highest BCUT2D eigenvalue weighted by Gasteiger charge is 2.11. The number of hydrogen-bond donors (Lipinski definition) is 1. The van der Waals surface area contributed by atoms with Crippen molar-refractivity contribution in [2.45, 2.75) is 6.42 Å². The SMILES string of the molecule is O=C(Cc1ccc(F)cc1F)Nc1cnc(Oc2ccccc2F)nc1. The number of rotatable bonds is 5. The van der Waals surface area contributed by atoms with Crippen LogP contribution in [0.5, 0.6) is 11.8 Å². The van der Waals surface area contributed by atoms with Crippen molar-refractivity contribution < 1.29 is 22.7 Å². The fourth-order valence-electron chi connectivity index (χ4n) is 2.10. The van der Waals surface area contributed by atoms with E-state index in [0.29, 0.717) is 6.07 Å². The Morgan fingerprint density at radius 1 is 1.00 bits per heavy atom. The summed E-state index contributed by atoms with van der Waals surface area (Å²) in [7, 11) is 0. The summed E-state index contributed by atoms with van der Waals surface area (Å²) in [4.78, 5) is 19.7. The molecule has 1 amide bonds. The fraction of sp³-hybridized carbons (Fsp3) is 0.0556. The number of carbonyl (C=O) groups is 1. The molecule has 0 aliphatic heterocycles. The Balaban J connectivity index is 1.62. The molecule has 3 aromatic rings. The fourth-order valence-corrected chi connectivity index (χ4v) is 2.10. The number of halogens is 3. The maximum absolute atomic E-state index is 13.6. The van der Waals surface area contributed by atoms with E-state index in [2.05, 4.69) is 15.3 Å². The molecule has 0 aliphatic carbocycles. The molecule has 0 unspecified atom stereocenters. The van der Waals surface area contributed by atoms with Gasteiger partial charge >= 0.3 is 6.01 Å². The van der Waals surface area contributed by atoms with Gasteiger partial charge in [-0.25, -0.2) is 23.1 Å². The predicted molar refractivity (Wildman–Crippen MR) is 87.2 cm³/mol. The van der Waals surface area contributed by atoms with Crippen LogP contribution in [-0.4, -0.2) is 15.9 Å². The Morgan fingerprint density at radius 3 is 2.42 bits per heavy atom. The van der Waals surface area contributed by atoms with E-state index in [1.54, 1.807) is 6.07 Å². The van der Waals surface area contributed by atoms with E-state index in [4.69, 9.17) is 4.74 Å². The summed E-state index contributed by atoms with van der Waals surface area (Å²) in [6, 6.07) is 8.66. The lowest BCUT2D eigenvalue weighted by Crippen LogP contribution is -2.15. The van der Waals surface area contributed by atoms with Crippen molar-refractivity contribution in [3.8, 4) is 11.8 Å². The minimum absolute atomic E-state index is 0.0314. The zero-order valence-corrected chi connectivity index (χ0v) is 13.2. The summed E-state index contributed by atoms with van der Waals surface area (Å²) in [6.07, 6.45) is 2.25. The normalized spacial score (nSPS) is 10.4. The zero-order valence-electron chi connectivity index (χ0n) is 13.2. The Morgan fingerprint density at radius 2 is 1.73 bits per heavy atom. The lowest BCUT2D eigenvalue weighted by Gasteiger charge is -2.07. The van der Waals surface area contributed by atoms with E-state index in [9.17, 15) is 18.0 Å². The molecule has 0 spiro atoms. The molecule has 5 nitrogen and oxygen atoms in total. The van der Waals surface area contributed by atoms with Gasteiger partial charge in [-0.05, 0) is 23.8 Å². The largest absolute Gasteiger partial charge is 0.421 e. The van der Waals surface area contributed by atoms with Gasteiger partial charge in [-0.15, -0.1) is 0 Å². The smallest absolute Gasteiger partial charge is 0.322 e. The number of carbonyl (C=O) groups excluding carboxylic acids is 1. The first-order valence-corrected chi connectivity index (χ1v) is 7.49. The molecule has 0 aliphatic rings. The van der Waals surface area contributed by atoms with Crippen LogP contribution in [0.4, 0.5) is 18.9 Å². The van der Waals surface area contributed by atoms with Gasteiger partial charge < -0.3 is 10.1 Å². The number of anilines is 1. The monoisotopic (exact) mass is 359 g/mol. The van der Waals surface area contributed by atoms with Crippen molar-refractivity contribution >= 4 is 11.6 Å². The molecule has 0 fully saturated rings. The van der Waals surface area contributed by atoms with Gasteiger partial charge in [0.15, 0.2) is 11.6 Å². The van der Waals surface area contributed by atoms with Crippen LogP contribution in [0, 0.1) is 17.5 Å². The van der Waals surface area contributed by atoms with Gasteiger partial charge in [0.05, 0.1) is 24.5 Å². The van der Waals surface area contributed by atoms with Crippen LogP contribution < -0.4 is 10.1 Å². The first-order chi connectivity index (χ1) is 12.5. The molecule has 2 aromatic carbocycles. The van der Waals surface area contributed by atoms with Crippen molar-refractivity contribution in [3.63, 3.8) is 0 Å². The number of para-hydroxylation sites is 1. The summed E-state index contributed by atoms with van der Waals surface area (Å²) in [5.41, 5.74) is 0.308. The van der Waals surface area contributed by atoms with Crippen molar-refractivity contribution in [1.29, 1.82) is 0 Å². The standard InChI is InChI=1S/C18H12F3N3O2/c19-12-6-5-11(15(21)8-12)7-17(25)24-13-9-22-18(23-10-13)26-16-4-2-1-3-14(16)20/h1-6,8-10H,7H2,(H,24,25). The average molecular weight is 359 g/mol. The van der Waals surface area contributed by atoms with E-state index >= 15 is 0 Å². The molecule has 132 valence electrons. The van der Waals surface area contributed by atoms with Gasteiger partial charge in [0.1, 0.15) is 11.6 Å². The Bertz CT molecular complexity index is 933. The number of ether oxygens (including phenoxy) is 1. The number of hydrogen-bond acceptors (Lipinski definition) is 4. The summed E-state index contributed by atoms with van der Waals surface area (Å²) >= 11 is 0. The second-order valence-electron chi connectivity index (χ2n) is 5.25. The molecular formula is C18H12F3N3O2. The number of nitrogens with one attached hydrogen (secondary N) is 1. The van der Waals surface area contributed by atoms with Gasteiger partial charge in [-0.2, -0.15) is 0 Å². The first-order valence-electron chi connectivity index (χ1n) is 7.49. The molecule has 3 rings (SSSR count). The minimum Gasteiger partial charge on any atom is -0.421 e. The van der Waals surface area contributed by atoms with Crippen LogP contribution >= 0.6 is 0 Å². The maximum atomic E-state index is 13.6. The van der Waals surface area contributed by atoms with Crippen molar-refractivity contribution in [1.82, 2.24) is 9.97 Å². The van der Waals surface area contributed by atoms with Crippen molar-refractivity contribution in [2.75, 3.05) is 5.32 Å². The maximum Gasteiger partial charge on any atom is 0.322 e. The van der Waals surface area contributed by atoms with Crippen LogP contribution in [0.2, 0.25) is 0 Å². The third-order valence-electron chi connectivity index (χ3n) is 3.32. The number of benzene rings is 2. The first kappa shape index (κ1) is 17.4. The van der Waals surface area contributed by atoms with Crippen LogP contribution in [0.15, 0.2) is 54.9 Å². The molecule has 0 radical (unpaired) electrons. The Hall–Kier alpha value is -3.42. The molecule has 0 atom stereocenters. The van der Waals surface area contributed by atoms with Crippen LogP contribution in [0.3, 0.4) is 0 Å². The quantitative estimate of drug-likeness (QED) is 0.751. The predicted octanol–water partition coefficient (Wildman–Crippen LogP) is 3.87. The molecule has 1 aromatic heterocycles. The van der Waals surface area contributed by atoms with Crippen molar-refractivity contribution in [3.05, 3.63) is 77.9 Å². The van der Waals surface area contributed by atoms with Gasteiger partial charge in [0.2, 0.25) is 5.91 Å². The molecular weight excluding hydrogens is 347 g/mol. The summed E-state index contributed by atoms with van der Waals surface area (Å²) < 4.78 is 45.1. The van der Waals surface area contributed by atoms with Gasteiger partial charge in [-0.3, -0.25) is 4.79 Å². The van der Waals surface area contributed by atoms with Gasteiger partial charge in [-0.1, -0.05) is 18.2 Å². The van der Waals surface area contributed by atoms with Gasteiger partial charge in [0.25, 0.3) is 0 Å². The molecule has 0 bridgehead atoms. The number of nitrogens with zero attached hydrogens (tertiary/aromatic N) is 2. The van der Waals surface area contributed by atoms with E-state index in [1.807, 2.05) is 0 Å². The summed E-state index contributed by atoms with van der Waals surface area (Å²) in [6.45, 7) is 0. The highest BCUT2D eigenvalue weighted by molar-refractivity contribution is 5.91. The third-order valence-corrected chi connectivity index (χ3v) is 3.32. The second-order valence-corrected chi connectivity index (χ2v) is 5.25. The average Bonchev–Trinajstić information content (AvgIpc) is 2.61. The van der Waals surface area contributed by atoms with E-state index in [0.717, 1.165) is 6.07 Å². The topological polar surface area (TPSA) is 64.1 Å². The molecule has 0 saturated carbocycles. The van der Waals surface area contributed by atoms with E-state index < -0.39 is 23.4 Å². The lowest BCUT2D eigenvalue weighted by molar-refractivity contribution is -0.115. The summed E-state index contributed by atoms with van der Waals surface area (Å²) in [5, 5.41) is 2.48. The molecule has 8 heteroatoms. The van der Waals surface area contributed by atoms with Gasteiger partial charge in [0, 0.05) is 6.07 Å².